The van der Waals surface area contributed by atoms with Crippen LogP contribution in [0, 0.1) is 0 Å². The van der Waals surface area contributed by atoms with Crippen LogP contribution in [-0.2, 0) is 38.0 Å². The van der Waals surface area contributed by atoms with Crippen LogP contribution in [-0.4, -0.2) is 54.3 Å². The van der Waals surface area contributed by atoms with Gasteiger partial charge in [-0.1, -0.05) is 6.42 Å². The van der Waals surface area contributed by atoms with Crippen LogP contribution < -0.4 is 0 Å². The van der Waals surface area contributed by atoms with Gasteiger partial charge in [0, 0.05) is 25.2 Å². The van der Waals surface area contributed by atoms with Gasteiger partial charge in [-0.3, -0.25) is 4.55 Å². The van der Waals surface area contributed by atoms with Crippen LogP contribution in [0.4, 0.5) is 32.0 Å². The quantitative estimate of drug-likeness (QED) is 0.198. The molecule has 0 spiro atoms. The number of alkyl halides is 6. The van der Waals surface area contributed by atoms with Gasteiger partial charge in [0.1, 0.15) is 6.54 Å². The van der Waals surface area contributed by atoms with Crippen molar-refractivity contribution in [1.29, 1.82) is 0 Å². The third kappa shape index (κ3) is 7.40. The zero-order valence-electron chi connectivity index (χ0n) is 18.8. The molecule has 1 atom stereocenters. The topological polar surface area (TPSA) is 115 Å². The minimum absolute atomic E-state index is 0.0175. The average Bonchev–Trinajstić information content (AvgIpc) is 2.87. The fourth-order valence-corrected chi connectivity index (χ4v) is 5.50. The first-order chi connectivity index (χ1) is 15.7. The van der Waals surface area contributed by atoms with Crippen molar-refractivity contribution < 1.29 is 56.9 Å². The summed E-state index contributed by atoms with van der Waals surface area (Å²) in [6.07, 6.45) is -10.4. The van der Waals surface area contributed by atoms with Gasteiger partial charge in [0.15, 0.2) is 5.71 Å². The summed E-state index contributed by atoms with van der Waals surface area (Å²) in [5, 5.41) is 0. The molecule has 35 heavy (non-hydrogen) atoms. The molecule has 1 heterocycles. The Morgan fingerprint density at radius 1 is 0.943 bits per heavy atom. The van der Waals surface area contributed by atoms with Crippen molar-refractivity contribution in [2.24, 2.45) is 0 Å². The molecule has 2 rings (SSSR count). The molecule has 200 valence electrons. The number of fused-ring (bicyclic) bond motifs is 1. The van der Waals surface area contributed by atoms with E-state index in [0.717, 1.165) is 0 Å². The Morgan fingerprint density at radius 3 is 2.00 bits per heavy atom. The molecule has 0 aliphatic carbocycles. The van der Waals surface area contributed by atoms with E-state index in [9.17, 15) is 47.7 Å². The Kier molecular flexibility index (Phi) is 8.42. The maximum absolute atomic E-state index is 14.0. The van der Waals surface area contributed by atoms with E-state index in [1.165, 1.54) is 18.4 Å². The first-order valence-electron chi connectivity index (χ1n) is 10.5. The van der Waals surface area contributed by atoms with Crippen LogP contribution in [0.5, 0.6) is 0 Å². The molecule has 0 bridgehead atoms. The Balaban J connectivity index is 2.60. The third-order valence-electron chi connectivity index (χ3n) is 6.15. The highest BCUT2D eigenvalue weighted by Crippen LogP contribution is 2.51. The highest BCUT2D eigenvalue weighted by atomic mass is 32.2. The van der Waals surface area contributed by atoms with Gasteiger partial charge in [-0.15, -0.1) is 0 Å². The summed E-state index contributed by atoms with van der Waals surface area (Å²) in [5.74, 6) is -1.35. The summed E-state index contributed by atoms with van der Waals surface area (Å²) in [4.78, 5) is 0. The van der Waals surface area contributed by atoms with Crippen LogP contribution in [0.3, 0.4) is 0 Å². The Bertz CT molecular complexity index is 1210. The van der Waals surface area contributed by atoms with E-state index in [1.54, 1.807) is 0 Å². The lowest BCUT2D eigenvalue weighted by molar-refractivity contribution is -0.439. The number of hydrogen-bond acceptors (Lipinski definition) is 5. The SMILES string of the molecule is CC1=[N+](CCCCS(=O)(=O)O)c2cc(C(F)(F)F)cc(C(F)(F)F)c2C1(C)CCCCS(=O)(=O)[O-]. The van der Waals surface area contributed by atoms with Crippen molar-refractivity contribution in [3.63, 3.8) is 0 Å². The van der Waals surface area contributed by atoms with Gasteiger partial charge in [0.2, 0.25) is 5.69 Å². The molecule has 0 radical (unpaired) electrons. The first kappa shape index (κ1) is 29.5. The van der Waals surface area contributed by atoms with E-state index in [0.29, 0.717) is 6.07 Å². The Hall–Kier alpha value is -1.71. The fraction of sp³-hybridized carbons (Fsp3) is 0.650. The molecule has 1 aliphatic heterocycles. The summed E-state index contributed by atoms with van der Waals surface area (Å²) in [5.41, 5.74) is -4.85. The molecular formula is C20H25F6NO6S2. The molecular weight excluding hydrogens is 528 g/mol. The standard InChI is InChI=1S/C20H25F6NO6S2/c1-13-18(2,7-3-5-9-34(28,29)30)17-15(20(24,25)26)11-14(19(21,22)23)12-16(17)27(13)8-4-6-10-35(31,32)33/h11-12H,3-10H2,1-2H3,(H-,28,29,30,31,32,33). The lowest BCUT2D eigenvalue weighted by atomic mass is 9.73. The summed E-state index contributed by atoms with van der Waals surface area (Å²) in [7, 11) is -8.84. The molecule has 0 saturated carbocycles. The van der Waals surface area contributed by atoms with E-state index in [2.05, 4.69) is 0 Å². The minimum Gasteiger partial charge on any atom is -0.748 e. The summed E-state index contributed by atoms with van der Waals surface area (Å²) in [6.45, 7) is 2.74. The van der Waals surface area contributed by atoms with E-state index in [4.69, 9.17) is 4.55 Å². The average molecular weight is 554 g/mol. The predicted molar refractivity (Wildman–Crippen MR) is 113 cm³/mol. The minimum atomic E-state index is -5.13. The summed E-state index contributed by atoms with van der Waals surface area (Å²) < 4.78 is 147. The van der Waals surface area contributed by atoms with Crippen LogP contribution >= 0.6 is 0 Å². The number of benzene rings is 1. The molecule has 1 aromatic rings. The second kappa shape index (κ2) is 9.98. The Labute approximate surface area is 199 Å². The zero-order chi connectivity index (χ0) is 27.0. The zero-order valence-corrected chi connectivity index (χ0v) is 20.5. The molecule has 1 aliphatic rings. The highest BCUT2D eigenvalue weighted by molar-refractivity contribution is 7.85. The lowest BCUT2D eigenvalue weighted by Crippen LogP contribution is -2.32. The van der Waals surface area contributed by atoms with Crippen molar-refractivity contribution in [3.8, 4) is 0 Å². The summed E-state index contributed by atoms with van der Waals surface area (Å²) >= 11 is 0. The maximum atomic E-state index is 14.0. The largest absolute Gasteiger partial charge is 0.748 e. The van der Waals surface area contributed by atoms with Gasteiger partial charge >= 0.3 is 12.4 Å². The maximum Gasteiger partial charge on any atom is 0.416 e. The second-order valence-electron chi connectivity index (χ2n) is 8.69. The van der Waals surface area contributed by atoms with Gasteiger partial charge in [0.25, 0.3) is 10.1 Å². The smallest absolute Gasteiger partial charge is 0.416 e. The second-order valence-corrected chi connectivity index (χ2v) is 11.8. The molecule has 0 fully saturated rings. The number of unbranched alkanes of at least 4 members (excludes halogenated alkanes) is 2. The number of hydrogen-bond donors (Lipinski definition) is 1. The van der Waals surface area contributed by atoms with Crippen LogP contribution in [0.15, 0.2) is 12.1 Å². The highest BCUT2D eigenvalue weighted by Gasteiger charge is 2.53. The van der Waals surface area contributed by atoms with Gasteiger partial charge < -0.3 is 4.55 Å². The van der Waals surface area contributed by atoms with E-state index >= 15 is 0 Å². The predicted octanol–water partition coefficient (Wildman–Crippen LogP) is 4.48. The number of halogens is 6. The van der Waals surface area contributed by atoms with Gasteiger partial charge in [0.05, 0.1) is 38.0 Å². The third-order valence-corrected chi connectivity index (χ3v) is 7.74. The fourth-order valence-electron chi connectivity index (χ4n) is 4.37. The monoisotopic (exact) mass is 553 g/mol. The molecule has 1 unspecified atom stereocenters. The van der Waals surface area contributed by atoms with E-state index in [-0.39, 0.29) is 56.1 Å². The van der Waals surface area contributed by atoms with Crippen molar-refractivity contribution in [2.75, 3.05) is 18.1 Å². The lowest BCUT2D eigenvalue weighted by Gasteiger charge is -2.26. The van der Waals surface area contributed by atoms with Crippen LogP contribution in [0.1, 0.15) is 62.6 Å². The van der Waals surface area contributed by atoms with E-state index in [1.807, 2.05) is 0 Å². The molecule has 0 aromatic heterocycles. The normalized spacial score (nSPS) is 19.4. The number of nitrogens with zero attached hydrogens (tertiary/aromatic N) is 1. The van der Waals surface area contributed by atoms with Crippen molar-refractivity contribution >= 4 is 31.6 Å². The molecule has 1 N–H and O–H groups in total. The van der Waals surface area contributed by atoms with Crippen LogP contribution in [0.25, 0.3) is 0 Å². The molecule has 15 heteroatoms. The van der Waals surface area contributed by atoms with E-state index < -0.39 is 66.2 Å². The first-order valence-corrected chi connectivity index (χ1v) is 13.7. The van der Waals surface area contributed by atoms with Gasteiger partial charge in [-0.2, -0.15) is 39.3 Å². The van der Waals surface area contributed by atoms with Crippen molar-refractivity contribution in [1.82, 2.24) is 0 Å². The molecule has 1 aromatic carbocycles. The number of rotatable bonds is 10. The molecule has 7 nitrogen and oxygen atoms in total. The van der Waals surface area contributed by atoms with Crippen LogP contribution in [0.2, 0.25) is 0 Å². The molecule has 0 amide bonds. The summed E-state index contributed by atoms with van der Waals surface area (Å²) in [6, 6.07) is 0.665. The van der Waals surface area contributed by atoms with Gasteiger partial charge in [-0.25, -0.2) is 8.42 Å². The van der Waals surface area contributed by atoms with Crippen molar-refractivity contribution in [2.45, 2.75) is 63.7 Å². The molecule has 0 saturated heterocycles. The van der Waals surface area contributed by atoms with Gasteiger partial charge in [-0.05, 0) is 32.3 Å². The Morgan fingerprint density at radius 2 is 1.51 bits per heavy atom. The van der Waals surface area contributed by atoms with Crippen molar-refractivity contribution in [3.05, 3.63) is 28.8 Å².